The fourth-order valence-corrected chi connectivity index (χ4v) is 3.26. The first-order chi connectivity index (χ1) is 9.63. The summed E-state index contributed by atoms with van der Waals surface area (Å²) >= 11 is 0. The highest BCUT2D eigenvalue weighted by Gasteiger charge is 2.43. The van der Waals surface area contributed by atoms with Gasteiger partial charge in [-0.05, 0) is 25.2 Å². The van der Waals surface area contributed by atoms with E-state index in [-0.39, 0.29) is 6.54 Å². The van der Waals surface area contributed by atoms with Gasteiger partial charge in [-0.25, -0.2) is 4.98 Å². The highest BCUT2D eigenvalue weighted by molar-refractivity contribution is 5.75. The Hall–Kier alpha value is -1.36. The van der Waals surface area contributed by atoms with E-state index in [0.717, 1.165) is 37.3 Å². The Balaban J connectivity index is 1.81. The molecule has 0 bridgehead atoms. The summed E-state index contributed by atoms with van der Waals surface area (Å²) in [5, 5.41) is 9.65. The van der Waals surface area contributed by atoms with Crippen LogP contribution in [0.2, 0.25) is 0 Å². The number of carbonyl (C=O) groups is 1. The van der Waals surface area contributed by atoms with Crippen molar-refractivity contribution >= 4 is 5.97 Å². The Bertz CT molecular complexity index is 484. The molecule has 3 rings (SSSR count). The van der Waals surface area contributed by atoms with E-state index < -0.39 is 11.4 Å². The van der Waals surface area contributed by atoms with Crippen LogP contribution in [0.15, 0.2) is 6.20 Å². The number of hydrogen-bond donors (Lipinski definition) is 2. The molecule has 0 aromatic carbocycles. The van der Waals surface area contributed by atoms with E-state index in [0.29, 0.717) is 18.8 Å². The SMILES string of the molecule is NCC(Cc1cn2c(n1)CCCC2)(CC1CC1)C(=O)O. The number of rotatable bonds is 6. The van der Waals surface area contributed by atoms with Crippen LogP contribution < -0.4 is 5.73 Å². The summed E-state index contributed by atoms with van der Waals surface area (Å²) < 4.78 is 2.18. The van der Waals surface area contributed by atoms with E-state index in [2.05, 4.69) is 9.55 Å². The van der Waals surface area contributed by atoms with Crippen LogP contribution in [0.3, 0.4) is 0 Å². The minimum absolute atomic E-state index is 0.195. The maximum atomic E-state index is 11.7. The van der Waals surface area contributed by atoms with Gasteiger partial charge in [-0.2, -0.15) is 0 Å². The summed E-state index contributed by atoms with van der Waals surface area (Å²) in [5.74, 6) is 0.888. The maximum Gasteiger partial charge on any atom is 0.311 e. The zero-order valence-corrected chi connectivity index (χ0v) is 11.8. The highest BCUT2D eigenvalue weighted by Crippen LogP contribution is 2.41. The fourth-order valence-electron chi connectivity index (χ4n) is 3.26. The predicted molar refractivity (Wildman–Crippen MR) is 75.3 cm³/mol. The molecule has 1 aliphatic heterocycles. The third-order valence-electron chi connectivity index (χ3n) is 4.70. The van der Waals surface area contributed by atoms with E-state index in [1.807, 2.05) is 6.20 Å². The Labute approximate surface area is 119 Å². The Kier molecular flexibility index (Phi) is 3.54. The van der Waals surface area contributed by atoms with E-state index >= 15 is 0 Å². The number of carboxylic acids is 1. The molecule has 2 aliphatic rings. The van der Waals surface area contributed by atoms with Crippen LogP contribution in [0.5, 0.6) is 0 Å². The smallest absolute Gasteiger partial charge is 0.311 e. The molecule has 5 nitrogen and oxygen atoms in total. The zero-order valence-electron chi connectivity index (χ0n) is 11.8. The van der Waals surface area contributed by atoms with Crippen molar-refractivity contribution in [1.29, 1.82) is 0 Å². The van der Waals surface area contributed by atoms with E-state index in [1.54, 1.807) is 0 Å². The lowest BCUT2D eigenvalue weighted by molar-refractivity contribution is -0.149. The molecule has 1 aromatic rings. The Morgan fingerprint density at radius 2 is 2.30 bits per heavy atom. The highest BCUT2D eigenvalue weighted by atomic mass is 16.4. The molecule has 1 atom stereocenters. The van der Waals surface area contributed by atoms with Crippen molar-refractivity contribution in [2.75, 3.05) is 6.54 Å². The van der Waals surface area contributed by atoms with Gasteiger partial charge in [0.25, 0.3) is 0 Å². The van der Waals surface area contributed by atoms with Crippen LogP contribution in [-0.4, -0.2) is 27.2 Å². The van der Waals surface area contributed by atoms with Crippen LogP contribution in [0.1, 0.15) is 43.6 Å². The molecule has 1 unspecified atom stereocenters. The Morgan fingerprint density at radius 3 is 2.90 bits per heavy atom. The second-order valence-electron chi connectivity index (χ2n) is 6.41. The maximum absolute atomic E-state index is 11.7. The van der Waals surface area contributed by atoms with E-state index in [4.69, 9.17) is 5.73 Å². The number of imidazole rings is 1. The number of aliphatic carboxylic acids is 1. The van der Waals surface area contributed by atoms with Crippen molar-refractivity contribution in [3.8, 4) is 0 Å². The van der Waals surface area contributed by atoms with Gasteiger partial charge in [-0.3, -0.25) is 4.79 Å². The van der Waals surface area contributed by atoms with Crippen LogP contribution >= 0.6 is 0 Å². The molecule has 5 heteroatoms. The molecular weight excluding hydrogens is 254 g/mol. The minimum Gasteiger partial charge on any atom is -0.481 e. The molecule has 110 valence electrons. The number of fused-ring (bicyclic) bond motifs is 1. The first-order valence-electron chi connectivity index (χ1n) is 7.61. The zero-order chi connectivity index (χ0) is 14.2. The number of nitrogens with two attached hydrogens (primary N) is 1. The van der Waals surface area contributed by atoms with Gasteiger partial charge < -0.3 is 15.4 Å². The third kappa shape index (κ3) is 2.59. The molecule has 0 radical (unpaired) electrons. The average Bonchev–Trinajstić information content (AvgIpc) is 3.14. The normalized spacial score (nSPS) is 21.2. The van der Waals surface area contributed by atoms with Crippen LogP contribution in [0, 0.1) is 11.3 Å². The Morgan fingerprint density at radius 1 is 1.50 bits per heavy atom. The molecule has 2 heterocycles. The molecule has 0 saturated heterocycles. The first-order valence-corrected chi connectivity index (χ1v) is 7.61. The van der Waals surface area contributed by atoms with Crippen molar-refractivity contribution < 1.29 is 9.90 Å². The summed E-state index contributed by atoms with van der Waals surface area (Å²) in [4.78, 5) is 16.4. The molecule has 3 N–H and O–H groups in total. The van der Waals surface area contributed by atoms with Gasteiger partial charge in [-0.15, -0.1) is 0 Å². The number of nitrogens with zero attached hydrogens (tertiary/aromatic N) is 2. The van der Waals surface area contributed by atoms with Crippen molar-refractivity contribution in [2.45, 2.75) is 51.5 Å². The lowest BCUT2D eigenvalue weighted by atomic mass is 9.78. The first kappa shape index (κ1) is 13.6. The summed E-state index contributed by atoms with van der Waals surface area (Å²) in [5.41, 5.74) is 5.91. The van der Waals surface area contributed by atoms with Gasteiger partial charge in [0.05, 0.1) is 11.1 Å². The summed E-state index contributed by atoms with van der Waals surface area (Å²) in [6.07, 6.45) is 8.87. The van der Waals surface area contributed by atoms with Crippen molar-refractivity contribution in [2.24, 2.45) is 17.1 Å². The van der Waals surface area contributed by atoms with Crippen molar-refractivity contribution in [1.82, 2.24) is 9.55 Å². The minimum atomic E-state index is -0.828. The summed E-state index contributed by atoms with van der Waals surface area (Å²) in [6.45, 7) is 1.20. The quantitative estimate of drug-likeness (QED) is 0.827. The second-order valence-corrected chi connectivity index (χ2v) is 6.41. The topological polar surface area (TPSA) is 81.1 Å². The number of carboxylic acid groups (broad SMARTS) is 1. The summed E-state index contributed by atoms with van der Waals surface area (Å²) in [6, 6.07) is 0. The number of aryl methyl sites for hydroxylation is 2. The van der Waals surface area contributed by atoms with Gasteiger partial charge in [0.15, 0.2) is 0 Å². The fraction of sp³-hybridized carbons (Fsp3) is 0.733. The monoisotopic (exact) mass is 277 g/mol. The van der Waals surface area contributed by atoms with E-state index in [9.17, 15) is 9.90 Å². The number of aromatic nitrogens is 2. The number of hydrogen-bond acceptors (Lipinski definition) is 3. The third-order valence-corrected chi connectivity index (χ3v) is 4.70. The van der Waals surface area contributed by atoms with Crippen molar-refractivity contribution in [3.63, 3.8) is 0 Å². The molecule has 20 heavy (non-hydrogen) atoms. The summed E-state index contributed by atoms with van der Waals surface area (Å²) in [7, 11) is 0. The van der Waals surface area contributed by atoms with Gasteiger partial charge in [0.1, 0.15) is 5.82 Å². The van der Waals surface area contributed by atoms with E-state index in [1.165, 1.54) is 12.8 Å². The largest absolute Gasteiger partial charge is 0.481 e. The van der Waals surface area contributed by atoms with Crippen LogP contribution in [-0.2, 0) is 24.2 Å². The molecule has 1 aliphatic carbocycles. The van der Waals surface area contributed by atoms with Crippen LogP contribution in [0.25, 0.3) is 0 Å². The molecule has 1 fully saturated rings. The van der Waals surface area contributed by atoms with Crippen molar-refractivity contribution in [3.05, 3.63) is 17.7 Å². The van der Waals surface area contributed by atoms with Gasteiger partial charge in [0.2, 0.25) is 0 Å². The van der Waals surface area contributed by atoms with Gasteiger partial charge in [-0.1, -0.05) is 12.8 Å². The molecule has 1 saturated carbocycles. The lowest BCUT2D eigenvalue weighted by Gasteiger charge is -2.27. The molecule has 0 amide bonds. The van der Waals surface area contributed by atoms with Crippen LogP contribution in [0.4, 0.5) is 0 Å². The molecule has 1 aromatic heterocycles. The van der Waals surface area contributed by atoms with Gasteiger partial charge in [0, 0.05) is 32.1 Å². The standard InChI is InChI=1S/C15H23N3O2/c16-10-15(14(19)20,7-11-4-5-11)8-12-9-18-6-2-1-3-13(18)17-12/h9,11H,1-8,10,16H2,(H,19,20). The molecular formula is C15H23N3O2. The van der Waals surface area contributed by atoms with Gasteiger partial charge >= 0.3 is 5.97 Å². The predicted octanol–water partition coefficient (Wildman–Crippen LogP) is 1.59. The second kappa shape index (κ2) is 5.20. The average molecular weight is 277 g/mol. The molecule has 0 spiro atoms. The lowest BCUT2D eigenvalue weighted by Crippen LogP contribution is -2.41.